The molecule has 0 aliphatic rings. The smallest absolute Gasteiger partial charge is 0.161 e. The molecule has 0 spiro atoms. The standard InChI is InChI=1S/C26H26N4O2/c1-18-10-12-23(19(2)14-18)28-27-16-21-17-30(22-8-6-5-7-9-22)29-26(21)20-11-13-24(31-3)25(15-20)32-4/h5-17,28H,1-4H3/b27-16-. The topological polar surface area (TPSA) is 60.7 Å². The molecule has 32 heavy (non-hydrogen) atoms. The summed E-state index contributed by atoms with van der Waals surface area (Å²) in [5.41, 5.74) is 10.0. The van der Waals surface area contributed by atoms with Crippen molar-refractivity contribution in [3.05, 3.63) is 89.6 Å². The number of nitrogens with zero attached hydrogens (tertiary/aromatic N) is 3. The van der Waals surface area contributed by atoms with Gasteiger partial charge in [-0.15, -0.1) is 0 Å². The summed E-state index contributed by atoms with van der Waals surface area (Å²) in [7, 11) is 3.25. The zero-order chi connectivity index (χ0) is 22.5. The Balaban J connectivity index is 1.72. The number of methoxy groups -OCH3 is 2. The van der Waals surface area contributed by atoms with E-state index in [9.17, 15) is 0 Å². The lowest BCUT2D eigenvalue weighted by Gasteiger charge is -2.09. The number of para-hydroxylation sites is 1. The first-order valence-corrected chi connectivity index (χ1v) is 10.3. The van der Waals surface area contributed by atoms with Crippen LogP contribution in [0.4, 0.5) is 5.69 Å². The van der Waals surface area contributed by atoms with Gasteiger partial charge in [-0.1, -0.05) is 35.9 Å². The molecule has 0 saturated heterocycles. The monoisotopic (exact) mass is 426 g/mol. The molecule has 0 atom stereocenters. The number of hydrazone groups is 1. The third kappa shape index (κ3) is 4.49. The highest BCUT2D eigenvalue weighted by Gasteiger charge is 2.14. The van der Waals surface area contributed by atoms with Crippen LogP contribution >= 0.6 is 0 Å². The summed E-state index contributed by atoms with van der Waals surface area (Å²) in [6, 6.07) is 22.0. The molecule has 6 nitrogen and oxygen atoms in total. The molecule has 0 bridgehead atoms. The van der Waals surface area contributed by atoms with Gasteiger partial charge in [-0.3, -0.25) is 5.43 Å². The SMILES string of the molecule is COc1ccc(-c2nn(-c3ccccc3)cc2/C=N\Nc2ccc(C)cc2C)cc1OC. The molecule has 0 aliphatic heterocycles. The van der Waals surface area contributed by atoms with Crippen molar-refractivity contribution in [1.82, 2.24) is 9.78 Å². The molecule has 0 radical (unpaired) electrons. The lowest BCUT2D eigenvalue weighted by atomic mass is 10.1. The first-order chi connectivity index (χ1) is 15.6. The molecule has 0 aliphatic carbocycles. The first kappa shape index (κ1) is 21.2. The second-order valence-electron chi connectivity index (χ2n) is 7.47. The third-order valence-corrected chi connectivity index (χ3v) is 5.19. The van der Waals surface area contributed by atoms with Gasteiger partial charge in [-0.25, -0.2) is 4.68 Å². The summed E-state index contributed by atoms with van der Waals surface area (Å²) in [5.74, 6) is 1.32. The van der Waals surface area contributed by atoms with Crippen molar-refractivity contribution < 1.29 is 9.47 Å². The van der Waals surface area contributed by atoms with Crippen LogP contribution in [-0.2, 0) is 0 Å². The van der Waals surface area contributed by atoms with Crippen LogP contribution in [0.15, 0.2) is 78.0 Å². The zero-order valence-corrected chi connectivity index (χ0v) is 18.7. The Bertz CT molecular complexity index is 1250. The van der Waals surface area contributed by atoms with E-state index in [4.69, 9.17) is 14.6 Å². The molecule has 0 unspecified atom stereocenters. The highest BCUT2D eigenvalue weighted by Crippen LogP contribution is 2.33. The van der Waals surface area contributed by atoms with E-state index in [-0.39, 0.29) is 0 Å². The van der Waals surface area contributed by atoms with E-state index in [1.807, 2.05) is 65.5 Å². The predicted octanol–water partition coefficient (Wildman–Crippen LogP) is 5.62. The maximum Gasteiger partial charge on any atom is 0.161 e. The number of ether oxygens (including phenoxy) is 2. The van der Waals surface area contributed by atoms with Gasteiger partial charge in [-0.05, 0) is 55.8 Å². The van der Waals surface area contributed by atoms with Gasteiger partial charge in [0.15, 0.2) is 11.5 Å². The second-order valence-corrected chi connectivity index (χ2v) is 7.47. The normalized spacial score (nSPS) is 11.0. The van der Waals surface area contributed by atoms with Crippen LogP contribution in [-0.4, -0.2) is 30.2 Å². The fourth-order valence-corrected chi connectivity index (χ4v) is 3.51. The van der Waals surface area contributed by atoms with E-state index < -0.39 is 0 Å². The van der Waals surface area contributed by atoms with Crippen molar-refractivity contribution in [3.8, 4) is 28.4 Å². The van der Waals surface area contributed by atoms with E-state index in [0.29, 0.717) is 11.5 Å². The van der Waals surface area contributed by atoms with Crippen molar-refractivity contribution in [1.29, 1.82) is 0 Å². The summed E-state index contributed by atoms with van der Waals surface area (Å²) in [6.45, 7) is 4.14. The van der Waals surface area contributed by atoms with Crippen molar-refractivity contribution >= 4 is 11.9 Å². The summed E-state index contributed by atoms with van der Waals surface area (Å²) >= 11 is 0. The Morgan fingerprint density at radius 3 is 2.41 bits per heavy atom. The fraction of sp³-hybridized carbons (Fsp3) is 0.154. The number of benzene rings is 3. The van der Waals surface area contributed by atoms with Gasteiger partial charge in [0, 0.05) is 17.3 Å². The van der Waals surface area contributed by atoms with Crippen molar-refractivity contribution in [2.45, 2.75) is 13.8 Å². The molecule has 0 amide bonds. The molecule has 162 valence electrons. The Morgan fingerprint density at radius 1 is 0.906 bits per heavy atom. The predicted molar refractivity (Wildman–Crippen MR) is 129 cm³/mol. The van der Waals surface area contributed by atoms with Gasteiger partial charge >= 0.3 is 0 Å². The largest absolute Gasteiger partial charge is 0.493 e. The van der Waals surface area contributed by atoms with Gasteiger partial charge < -0.3 is 9.47 Å². The highest BCUT2D eigenvalue weighted by atomic mass is 16.5. The number of nitrogens with one attached hydrogen (secondary N) is 1. The first-order valence-electron chi connectivity index (χ1n) is 10.3. The lowest BCUT2D eigenvalue weighted by Crippen LogP contribution is -1.95. The van der Waals surface area contributed by atoms with Crippen molar-refractivity contribution in [2.24, 2.45) is 5.10 Å². The third-order valence-electron chi connectivity index (χ3n) is 5.19. The number of hydrogen-bond donors (Lipinski definition) is 1. The zero-order valence-electron chi connectivity index (χ0n) is 18.7. The number of rotatable bonds is 7. The van der Waals surface area contributed by atoms with Gasteiger partial charge in [0.05, 0.1) is 31.8 Å². The molecule has 3 aromatic carbocycles. The lowest BCUT2D eigenvalue weighted by molar-refractivity contribution is 0.355. The van der Waals surface area contributed by atoms with Crippen LogP contribution in [0, 0.1) is 13.8 Å². The number of aryl methyl sites for hydroxylation is 2. The highest BCUT2D eigenvalue weighted by molar-refractivity contribution is 5.89. The summed E-state index contributed by atoms with van der Waals surface area (Å²) in [4.78, 5) is 0. The molecular weight excluding hydrogens is 400 g/mol. The maximum absolute atomic E-state index is 5.49. The minimum Gasteiger partial charge on any atom is -0.493 e. The van der Waals surface area contributed by atoms with E-state index in [1.165, 1.54) is 5.56 Å². The van der Waals surface area contributed by atoms with Gasteiger partial charge in [-0.2, -0.15) is 10.2 Å². The number of hydrogen-bond acceptors (Lipinski definition) is 5. The quantitative estimate of drug-likeness (QED) is 0.308. The van der Waals surface area contributed by atoms with E-state index in [1.54, 1.807) is 20.4 Å². The van der Waals surface area contributed by atoms with Crippen LogP contribution in [0.5, 0.6) is 11.5 Å². The Hall–Kier alpha value is -4.06. The molecule has 6 heteroatoms. The molecule has 4 rings (SSSR count). The molecule has 1 heterocycles. The van der Waals surface area contributed by atoms with Crippen LogP contribution in [0.25, 0.3) is 16.9 Å². The van der Waals surface area contributed by atoms with Crippen LogP contribution < -0.4 is 14.9 Å². The van der Waals surface area contributed by atoms with Gasteiger partial charge in [0.25, 0.3) is 0 Å². The molecule has 1 N–H and O–H groups in total. The summed E-state index contributed by atoms with van der Waals surface area (Å²) in [5, 5.41) is 9.33. The minimum atomic E-state index is 0.649. The average molecular weight is 427 g/mol. The Labute approximate surface area is 188 Å². The van der Waals surface area contributed by atoms with Crippen LogP contribution in [0.3, 0.4) is 0 Å². The molecule has 0 fully saturated rings. The number of aromatic nitrogens is 2. The molecule has 0 saturated carbocycles. The molecule has 1 aromatic heterocycles. The maximum atomic E-state index is 5.49. The second kappa shape index (κ2) is 9.39. The van der Waals surface area contributed by atoms with Gasteiger partial charge in [0.1, 0.15) is 5.69 Å². The summed E-state index contributed by atoms with van der Waals surface area (Å²) in [6.07, 6.45) is 3.76. The van der Waals surface area contributed by atoms with Crippen molar-refractivity contribution in [3.63, 3.8) is 0 Å². The van der Waals surface area contributed by atoms with E-state index >= 15 is 0 Å². The minimum absolute atomic E-state index is 0.649. The molecule has 4 aromatic rings. The van der Waals surface area contributed by atoms with E-state index in [0.717, 1.165) is 33.8 Å². The fourth-order valence-electron chi connectivity index (χ4n) is 3.51. The van der Waals surface area contributed by atoms with Crippen LogP contribution in [0.1, 0.15) is 16.7 Å². The Morgan fingerprint density at radius 2 is 1.69 bits per heavy atom. The van der Waals surface area contributed by atoms with Crippen molar-refractivity contribution in [2.75, 3.05) is 19.6 Å². The van der Waals surface area contributed by atoms with Gasteiger partial charge in [0.2, 0.25) is 0 Å². The Kier molecular flexibility index (Phi) is 6.22. The average Bonchev–Trinajstić information content (AvgIpc) is 3.25. The molecular formula is C26H26N4O2. The van der Waals surface area contributed by atoms with Crippen LogP contribution in [0.2, 0.25) is 0 Å². The van der Waals surface area contributed by atoms with E-state index in [2.05, 4.69) is 36.5 Å². The number of anilines is 1. The summed E-state index contributed by atoms with van der Waals surface area (Å²) < 4.78 is 12.7.